The van der Waals surface area contributed by atoms with Gasteiger partial charge in [0.1, 0.15) is 29.0 Å². The normalized spacial score (nSPS) is 12.4. The van der Waals surface area contributed by atoms with Gasteiger partial charge in [0, 0.05) is 11.1 Å². The second-order valence-electron chi connectivity index (χ2n) is 5.99. The number of aliphatic hydroxyl groups excluding tert-OH is 1. The lowest BCUT2D eigenvalue weighted by Crippen LogP contribution is -2.13. The van der Waals surface area contributed by atoms with Gasteiger partial charge in [-0.3, -0.25) is 4.79 Å². The van der Waals surface area contributed by atoms with Crippen LogP contribution in [0.5, 0.6) is 0 Å². The number of nitrogens with one attached hydrogen (secondary N) is 2. The summed E-state index contributed by atoms with van der Waals surface area (Å²) in [6, 6.07) is 13.0. The van der Waals surface area contributed by atoms with Crippen molar-refractivity contribution in [3.05, 3.63) is 65.9 Å². The average molecular weight is 350 g/mol. The molecule has 0 saturated carbocycles. The summed E-state index contributed by atoms with van der Waals surface area (Å²) in [5, 5.41) is 13.0. The zero-order chi connectivity index (χ0) is 18.3. The Labute approximate surface area is 147 Å². The van der Waals surface area contributed by atoms with E-state index in [0.717, 1.165) is 0 Å². The van der Waals surface area contributed by atoms with E-state index in [9.17, 15) is 14.3 Å². The van der Waals surface area contributed by atoms with E-state index in [1.165, 1.54) is 6.07 Å². The number of imidazole rings is 1. The summed E-state index contributed by atoms with van der Waals surface area (Å²) in [6.45, 7) is 1.62. The molecule has 1 amide bonds. The van der Waals surface area contributed by atoms with Crippen molar-refractivity contribution in [2.75, 3.05) is 5.32 Å². The molecule has 130 valence electrons. The van der Waals surface area contributed by atoms with Crippen LogP contribution in [0.25, 0.3) is 21.9 Å². The predicted octanol–water partition coefficient (Wildman–Crippen LogP) is 3.56. The molecule has 3 N–H and O–H groups in total. The van der Waals surface area contributed by atoms with E-state index in [1.807, 2.05) is 0 Å². The molecule has 0 aliphatic carbocycles. The van der Waals surface area contributed by atoms with Crippen molar-refractivity contribution >= 4 is 33.5 Å². The van der Waals surface area contributed by atoms with Crippen LogP contribution in [-0.4, -0.2) is 26.0 Å². The number of aromatic amines is 1. The number of fused-ring (bicyclic) bond motifs is 2. The van der Waals surface area contributed by atoms with Crippen LogP contribution in [0.3, 0.4) is 0 Å². The molecule has 0 spiro atoms. The number of carbonyl (C=O) groups excluding carboxylic acids is 1. The summed E-state index contributed by atoms with van der Waals surface area (Å²) >= 11 is 0. The van der Waals surface area contributed by atoms with Crippen LogP contribution in [0.1, 0.15) is 29.3 Å². The van der Waals surface area contributed by atoms with Crippen molar-refractivity contribution in [1.82, 2.24) is 15.0 Å². The van der Waals surface area contributed by atoms with Crippen molar-refractivity contribution in [1.29, 1.82) is 0 Å². The van der Waals surface area contributed by atoms with Crippen molar-refractivity contribution in [3.8, 4) is 0 Å². The number of hydrogen-bond acceptors (Lipinski definition) is 4. The Morgan fingerprint density at radius 1 is 1.19 bits per heavy atom. The largest absolute Gasteiger partial charge is 0.385 e. The summed E-state index contributed by atoms with van der Waals surface area (Å²) in [5.74, 6) is -0.457. The Kier molecular flexibility index (Phi) is 3.85. The minimum absolute atomic E-state index is 0.122. The van der Waals surface area contributed by atoms with Gasteiger partial charge < -0.3 is 15.4 Å². The summed E-state index contributed by atoms with van der Waals surface area (Å²) in [4.78, 5) is 23.8. The van der Waals surface area contributed by atoms with Crippen molar-refractivity contribution < 1.29 is 14.3 Å². The fraction of sp³-hybridized carbons (Fsp3) is 0.105. The fourth-order valence-electron chi connectivity index (χ4n) is 2.74. The van der Waals surface area contributed by atoms with Gasteiger partial charge in [-0.15, -0.1) is 0 Å². The first-order valence-corrected chi connectivity index (χ1v) is 8.05. The van der Waals surface area contributed by atoms with E-state index >= 15 is 0 Å². The smallest absolute Gasteiger partial charge is 0.274 e. The summed E-state index contributed by atoms with van der Waals surface area (Å²) in [7, 11) is 0. The second kappa shape index (κ2) is 6.20. The lowest BCUT2D eigenvalue weighted by Gasteiger charge is -2.06. The maximum Gasteiger partial charge on any atom is 0.274 e. The number of benzene rings is 2. The zero-order valence-electron chi connectivity index (χ0n) is 13.8. The van der Waals surface area contributed by atoms with Gasteiger partial charge in [-0.1, -0.05) is 18.2 Å². The summed E-state index contributed by atoms with van der Waals surface area (Å²) < 4.78 is 13.9. The molecule has 0 saturated heterocycles. The number of nitrogens with zero attached hydrogens (tertiary/aromatic N) is 2. The maximum atomic E-state index is 13.9. The first kappa shape index (κ1) is 16.2. The molecule has 0 fully saturated rings. The van der Waals surface area contributed by atoms with Crippen molar-refractivity contribution in [3.63, 3.8) is 0 Å². The average Bonchev–Trinajstić information content (AvgIpc) is 3.05. The van der Waals surface area contributed by atoms with E-state index in [0.29, 0.717) is 27.9 Å². The van der Waals surface area contributed by atoms with Gasteiger partial charge >= 0.3 is 0 Å². The molecular formula is C19H15FN4O2. The van der Waals surface area contributed by atoms with E-state index < -0.39 is 17.8 Å². The molecule has 4 rings (SSSR count). The van der Waals surface area contributed by atoms with Gasteiger partial charge in [-0.05, 0) is 37.3 Å². The molecule has 2 heterocycles. The molecule has 0 radical (unpaired) electrons. The molecule has 1 unspecified atom stereocenters. The molecule has 6 nitrogen and oxygen atoms in total. The first-order chi connectivity index (χ1) is 12.5. The number of anilines is 1. The highest BCUT2D eigenvalue weighted by atomic mass is 19.1. The summed E-state index contributed by atoms with van der Waals surface area (Å²) in [5.41, 5.74) is 2.20. The lowest BCUT2D eigenvalue weighted by molar-refractivity contribution is 0.102. The SMILES string of the molecule is CC(O)c1nc2ccc(NC(=O)c3ccc4cccc(F)c4n3)cc2[nH]1. The van der Waals surface area contributed by atoms with Gasteiger partial charge in [0.2, 0.25) is 0 Å². The molecule has 4 aromatic rings. The highest BCUT2D eigenvalue weighted by Crippen LogP contribution is 2.21. The molecular weight excluding hydrogens is 335 g/mol. The number of hydrogen-bond donors (Lipinski definition) is 3. The molecule has 1 atom stereocenters. The molecule has 0 aliphatic heterocycles. The third kappa shape index (κ3) is 2.89. The maximum absolute atomic E-state index is 13.9. The highest BCUT2D eigenvalue weighted by Gasteiger charge is 2.12. The van der Waals surface area contributed by atoms with Gasteiger partial charge in [0.15, 0.2) is 0 Å². The molecule has 26 heavy (non-hydrogen) atoms. The topological polar surface area (TPSA) is 90.9 Å². The van der Waals surface area contributed by atoms with E-state index in [4.69, 9.17) is 0 Å². The highest BCUT2D eigenvalue weighted by molar-refractivity contribution is 6.04. The molecule has 0 aliphatic rings. The van der Waals surface area contributed by atoms with Gasteiger partial charge in [-0.2, -0.15) is 0 Å². The van der Waals surface area contributed by atoms with Crippen LogP contribution in [0.15, 0.2) is 48.5 Å². The van der Waals surface area contributed by atoms with Gasteiger partial charge in [-0.25, -0.2) is 14.4 Å². The number of aromatic nitrogens is 3. The minimum Gasteiger partial charge on any atom is -0.385 e. The van der Waals surface area contributed by atoms with Gasteiger partial charge in [0.05, 0.1) is 11.0 Å². The number of rotatable bonds is 3. The second-order valence-corrected chi connectivity index (χ2v) is 5.99. The van der Waals surface area contributed by atoms with Crippen LogP contribution < -0.4 is 5.32 Å². The number of carbonyl (C=O) groups is 1. The minimum atomic E-state index is -0.711. The predicted molar refractivity (Wildman–Crippen MR) is 96.4 cm³/mol. The quantitative estimate of drug-likeness (QED) is 0.527. The number of pyridine rings is 1. The van der Waals surface area contributed by atoms with Crippen molar-refractivity contribution in [2.24, 2.45) is 0 Å². The van der Waals surface area contributed by atoms with Crippen molar-refractivity contribution in [2.45, 2.75) is 13.0 Å². The fourth-order valence-corrected chi connectivity index (χ4v) is 2.74. The van der Waals surface area contributed by atoms with Crippen LogP contribution in [-0.2, 0) is 0 Å². The number of halogens is 1. The number of para-hydroxylation sites is 1. The third-order valence-electron chi connectivity index (χ3n) is 4.06. The van der Waals surface area contributed by atoms with Crippen LogP contribution in [0, 0.1) is 5.82 Å². The zero-order valence-corrected chi connectivity index (χ0v) is 13.8. The van der Waals surface area contributed by atoms with Crippen LogP contribution in [0.4, 0.5) is 10.1 Å². The van der Waals surface area contributed by atoms with E-state index in [1.54, 1.807) is 49.4 Å². The molecule has 0 bridgehead atoms. The number of H-pyrrole nitrogens is 1. The van der Waals surface area contributed by atoms with E-state index in [-0.39, 0.29) is 11.2 Å². The number of amides is 1. The molecule has 2 aromatic heterocycles. The standard InChI is InChI=1S/C19H15FN4O2/c1-10(25)18-23-14-8-6-12(9-16(14)24-18)21-19(26)15-7-5-11-3-2-4-13(20)17(11)22-15/h2-10,25H,1H3,(H,21,26)(H,23,24). The Morgan fingerprint density at radius 2 is 2.04 bits per heavy atom. The Bertz CT molecular complexity index is 1140. The van der Waals surface area contributed by atoms with E-state index in [2.05, 4.69) is 20.3 Å². The first-order valence-electron chi connectivity index (χ1n) is 8.05. The van der Waals surface area contributed by atoms with Crippen LogP contribution in [0.2, 0.25) is 0 Å². The van der Waals surface area contributed by atoms with Crippen LogP contribution >= 0.6 is 0 Å². The Morgan fingerprint density at radius 3 is 2.85 bits per heavy atom. The monoisotopic (exact) mass is 350 g/mol. The third-order valence-corrected chi connectivity index (χ3v) is 4.06. The van der Waals surface area contributed by atoms with Gasteiger partial charge in [0.25, 0.3) is 5.91 Å². The Hall–Kier alpha value is -3.32. The Balaban J connectivity index is 1.63. The summed E-state index contributed by atoms with van der Waals surface area (Å²) in [6.07, 6.45) is -0.711. The molecule has 2 aromatic carbocycles. The molecule has 7 heteroatoms. The number of aliphatic hydroxyl groups is 1. The lowest BCUT2D eigenvalue weighted by atomic mass is 10.2.